The minimum Gasteiger partial charge on any atom is -0.409 e. The molecule has 0 unspecified atom stereocenters. The topological polar surface area (TPSA) is 75.7 Å². The minimum absolute atomic E-state index is 0.157. The van der Waals surface area contributed by atoms with Crippen LogP contribution in [-0.2, 0) is 22.9 Å². The van der Waals surface area contributed by atoms with Gasteiger partial charge in [0.25, 0.3) is 10.0 Å². The van der Waals surface area contributed by atoms with Crippen LogP contribution in [0.4, 0.5) is 10.5 Å². The van der Waals surface area contributed by atoms with E-state index in [1.807, 2.05) is 31.2 Å². The summed E-state index contributed by atoms with van der Waals surface area (Å²) in [7, 11) is -4.11. The van der Waals surface area contributed by atoms with E-state index in [9.17, 15) is 13.2 Å². The second kappa shape index (κ2) is 8.67. The molecule has 6 nitrogen and oxygen atoms in total. The molecule has 0 heterocycles. The Hall–Kier alpha value is -3.32. The molecule has 0 fully saturated rings. The Balaban J connectivity index is 1.67. The zero-order valence-electron chi connectivity index (χ0n) is 18.4. The first kappa shape index (κ1) is 21.9. The van der Waals surface area contributed by atoms with Gasteiger partial charge in [-0.25, -0.2) is 10.2 Å². The highest BCUT2D eigenvalue weighted by atomic mass is 32.2. The monoisotopic (exact) mass is 450 g/mol. The van der Waals surface area contributed by atoms with Crippen molar-refractivity contribution in [1.29, 1.82) is 0 Å². The van der Waals surface area contributed by atoms with Gasteiger partial charge in [0.2, 0.25) is 0 Å². The highest BCUT2D eigenvalue weighted by Crippen LogP contribution is 2.29. The molecule has 1 N–H and O–H groups in total. The molecular formula is C25H26N2O4S. The van der Waals surface area contributed by atoms with Gasteiger partial charge in [-0.15, -0.1) is 0 Å². The molecule has 32 heavy (non-hydrogen) atoms. The molecule has 3 aromatic rings. The van der Waals surface area contributed by atoms with Crippen molar-refractivity contribution < 1.29 is 17.9 Å². The maximum absolute atomic E-state index is 13.7. The summed E-state index contributed by atoms with van der Waals surface area (Å²) in [5.41, 5.74) is 7.35. The number of hydrazine groups is 1. The first-order valence-electron chi connectivity index (χ1n) is 10.5. The van der Waals surface area contributed by atoms with E-state index < -0.39 is 16.1 Å². The highest BCUT2D eigenvalue weighted by molar-refractivity contribution is 7.92. The number of carbonyl (C=O) groups is 1. The van der Waals surface area contributed by atoms with E-state index in [2.05, 4.69) is 5.43 Å². The standard InChI is InChI=1S/C25H26N2O4S/c1-17-14-18(2)24(19(3)15-17)32(29,30)27(22-10-5-4-6-11-22)26-25(28)31-23-13-12-20-8-7-9-21(20)16-23/h4-6,10-16H,7-9H2,1-3H3,(H,26,28). The number of ether oxygens (including phenoxy) is 1. The van der Waals surface area contributed by atoms with Crippen LogP contribution in [0, 0.1) is 20.8 Å². The number of anilines is 1. The lowest BCUT2D eigenvalue weighted by Crippen LogP contribution is -2.48. The van der Waals surface area contributed by atoms with Gasteiger partial charge in [-0.3, -0.25) is 0 Å². The highest BCUT2D eigenvalue weighted by Gasteiger charge is 2.30. The molecule has 0 atom stereocenters. The Morgan fingerprint density at radius 2 is 1.56 bits per heavy atom. The van der Waals surface area contributed by atoms with E-state index in [0.717, 1.165) is 34.8 Å². The van der Waals surface area contributed by atoms with Crippen LogP contribution in [0.2, 0.25) is 0 Å². The van der Waals surface area contributed by atoms with Crippen molar-refractivity contribution in [2.24, 2.45) is 0 Å². The molecule has 0 saturated carbocycles. The Bertz CT molecular complexity index is 1250. The van der Waals surface area contributed by atoms with Crippen LogP contribution < -0.4 is 14.6 Å². The average Bonchev–Trinajstić information content (AvgIpc) is 3.19. The fraction of sp³-hybridized carbons (Fsp3) is 0.240. The van der Waals surface area contributed by atoms with Gasteiger partial charge >= 0.3 is 6.09 Å². The molecule has 0 spiro atoms. The second-order valence-electron chi connectivity index (χ2n) is 8.12. The number of nitrogens with zero attached hydrogens (tertiary/aromatic N) is 1. The fourth-order valence-corrected chi connectivity index (χ4v) is 6.02. The predicted octanol–water partition coefficient (Wildman–Crippen LogP) is 5.00. The normalized spacial score (nSPS) is 12.8. The molecule has 0 bridgehead atoms. The van der Waals surface area contributed by atoms with Gasteiger partial charge < -0.3 is 4.74 Å². The van der Waals surface area contributed by atoms with Crippen LogP contribution in [-0.4, -0.2) is 14.5 Å². The van der Waals surface area contributed by atoms with Gasteiger partial charge in [-0.05, 0) is 86.6 Å². The Labute approximate surface area is 188 Å². The van der Waals surface area contributed by atoms with E-state index in [1.54, 1.807) is 50.2 Å². The first-order valence-corrected chi connectivity index (χ1v) is 12.0. The SMILES string of the molecule is Cc1cc(C)c(S(=O)(=O)N(NC(=O)Oc2ccc3c(c2)CCC3)c2ccccc2)c(C)c1. The van der Waals surface area contributed by atoms with E-state index >= 15 is 0 Å². The number of fused-ring (bicyclic) bond motifs is 1. The summed E-state index contributed by atoms with van der Waals surface area (Å²) in [6.45, 7) is 5.41. The third kappa shape index (κ3) is 4.34. The summed E-state index contributed by atoms with van der Waals surface area (Å²) in [4.78, 5) is 12.9. The Morgan fingerprint density at radius 3 is 2.25 bits per heavy atom. The average molecular weight is 451 g/mol. The van der Waals surface area contributed by atoms with Crippen LogP contribution in [0.5, 0.6) is 5.75 Å². The lowest BCUT2D eigenvalue weighted by molar-refractivity contribution is 0.201. The third-order valence-corrected chi connectivity index (χ3v) is 7.51. The number of carbonyl (C=O) groups excluding carboxylic acids is 1. The first-order chi connectivity index (χ1) is 15.3. The lowest BCUT2D eigenvalue weighted by atomic mass is 10.1. The summed E-state index contributed by atoms with van der Waals surface area (Å²) < 4.78 is 33.7. The smallest absolute Gasteiger partial charge is 0.409 e. The molecule has 166 valence electrons. The summed E-state index contributed by atoms with van der Waals surface area (Å²) in [6.07, 6.45) is 2.18. The largest absolute Gasteiger partial charge is 0.432 e. The van der Waals surface area contributed by atoms with Gasteiger partial charge in [0, 0.05) is 0 Å². The van der Waals surface area contributed by atoms with Crippen molar-refractivity contribution in [3.63, 3.8) is 0 Å². The predicted molar refractivity (Wildman–Crippen MR) is 124 cm³/mol. The van der Waals surface area contributed by atoms with Crippen molar-refractivity contribution in [2.45, 2.75) is 44.9 Å². The lowest BCUT2D eigenvalue weighted by Gasteiger charge is -2.26. The zero-order valence-corrected chi connectivity index (χ0v) is 19.2. The van der Waals surface area contributed by atoms with Crippen LogP contribution in [0.1, 0.15) is 34.2 Å². The van der Waals surface area contributed by atoms with Crippen molar-refractivity contribution in [3.05, 3.63) is 88.5 Å². The van der Waals surface area contributed by atoms with E-state index in [0.29, 0.717) is 22.6 Å². The van der Waals surface area contributed by atoms with Gasteiger partial charge in [0.15, 0.2) is 0 Å². The third-order valence-electron chi connectivity index (χ3n) is 5.57. The van der Waals surface area contributed by atoms with Crippen molar-refractivity contribution in [2.75, 3.05) is 4.41 Å². The maximum atomic E-state index is 13.7. The van der Waals surface area contributed by atoms with E-state index in [1.165, 1.54) is 5.56 Å². The molecule has 4 rings (SSSR count). The minimum atomic E-state index is -4.11. The Morgan fingerprint density at radius 1 is 0.906 bits per heavy atom. The fourth-order valence-electron chi connectivity index (χ4n) is 4.32. The molecule has 0 aliphatic heterocycles. The number of sulfonamides is 1. The molecule has 3 aromatic carbocycles. The molecule has 1 aliphatic carbocycles. The van der Waals surface area contributed by atoms with Gasteiger partial charge in [-0.1, -0.05) is 42.0 Å². The number of hydrogen-bond donors (Lipinski definition) is 1. The number of nitrogens with one attached hydrogen (secondary N) is 1. The second-order valence-corrected chi connectivity index (χ2v) is 9.84. The summed E-state index contributed by atoms with van der Waals surface area (Å²) >= 11 is 0. The molecule has 0 saturated heterocycles. The number of benzene rings is 3. The van der Waals surface area contributed by atoms with Crippen LogP contribution in [0.3, 0.4) is 0 Å². The molecule has 0 aromatic heterocycles. The molecule has 1 amide bonds. The van der Waals surface area contributed by atoms with E-state index in [-0.39, 0.29) is 4.90 Å². The van der Waals surface area contributed by atoms with Gasteiger partial charge in [0.05, 0.1) is 10.6 Å². The van der Waals surface area contributed by atoms with Gasteiger partial charge in [-0.2, -0.15) is 12.8 Å². The molecule has 0 radical (unpaired) electrons. The zero-order chi connectivity index (χ0) is 22.9. The van der Waals surface area contributed by atoms with Gasteiger partial charge in [0.1, 0.15) is 5.75 Å². The number of aryl methyl sites for hydroxylation is 5. The number of para-hydroxylation sites is 1. The quantitative estimate of drug-likeness (QED) is 0.555. The number of hydrogen-bond acceptors (Lipinski definition) is 4. The summed E-state index contributed by atoms with van der Waals surface area (Å²) in [5.74, 6) is 0.385. The number of amides is 1. The van der Waals surface area contributed by atoms with Crippen LogP contribution in [0.25, 0.3) is 0 Å². The molecular weight excluding hydrogens is 424 g/mol. The maximum Gasteiger partial charge on any atom is 0.432 e. The van der Waals surface area contributed by atoms with Crippen LogP contribution in [0.15, 0.2) is 65.6 Å². The molecule has 7 heteroatoms. The number of rotatable bonds is 5. The van der Waals surface area contributed by atoms with E-state index in [4.69, 9.17) is 4.74 Å². The Kier molecular flexibility index (Phi) is 5.93. The van der Waals surface area contributed by atoms with Crippen molar-refractivity contribution >= 4 is 21.8 Å². The van der Waals surface area contributed by atoms with Crippen molar-refractivity contribution in [3.8, 4) is 5.75 Å². The van der Waals surface area contributed by atoms with Crippen LogP contribution >= 0.6 is 0 Å². The van der Waals surface area contributed by atoms with Crippen molar-refractivity contribution in [1.82, 2.24) is 5.43 Å². The molecule has 1 aliphatic rings. The summed E-state index contributed by atoms with van der Waals surface area (Å²) in [6, 6.07) is 17.6. The summed E-state index contributed by atoms with van der Waals surface area (Å²) in [5, 5.41) is 0.